The zero-order valence-electron chi connectivity index (χ0n) is 9.57. The highest BCUT2D eigenvalue weighted by Crippen LogP contribution is 2.24. The Labute approximate surface area is 90.7 Å². The van der Waals surface area contributed by atoms with E-state index in [1.807, 2.05) is 12.1 Å². The summed E-state index contributed by atoms with van der Waals surface area (Å²) in [5.41, 5.74) is 0.0836. The molecular weight excluding hydrogens is 190 g/mol. The molecule has 1 aromatic rings. The van der Waals surface area contributed by atoms with Gasteiger partial charge in [0.1, 0.15) is 5.82 Å². The minimum atomic E-state index is 0.0836. The van der Waals surface area contributed by atoms with Gasteiger partial charge < -0.3 is 10.4 Å². The number of aliphatic hydroxyl groups is 1. The molecule has 15 heavy (non-hydrogen) atoms. The van der Waals surface area contributed by atoms with E-state index in [9.17, 15) is 0 Å². The summed E-state index contributed by atoms with van der Waals surface area (Å²) in [7, 11) is 0. The third kappa shape index (κ3) is 3.83. The molecule has 0 spiro atoms. The molecule has 1 atom stereocenters. The predicted octanol–water partition coefficient (Wildman–Crippen LogP) is 1.69. The lowest BCUT2D eigenvalue weighted by Crippen LogP contribution is -2.35. The van der Waals surface area contributed by atoms with Crippen LogP contribution in [0, 0.1) is 5.41 Å². The SMILES string of the molecule is CC(C)(C)C(CCO)Nc1cccnn1. The summed E-state index contributed by atoms with van der Waals surface area (Å²) in [6.45, 7) is 6.58. The maximum atomic E-state index is 9.00. The van der Waals surface area contributed by atoms with Gasteiger partial charge in [0.25, 0.3) is 0 Å². The van der Waals surface area contributed by atoms with Gasteiger partial charge in [-0.25, -0.2) is 0 Å². The summed E-state index contributed by atoms with van der Waals surface area (Å²) in [5, 5.41) is 20.1. The van der Waals surface area contributed by atoms with Crippen LogP contribution in [0.4, 0.5) is 5.82 Å². The van der Waals surface area contributed by atoms with Gasteiger partial charge in [0, 0.05) is 18.8 Å². The van der Waals surface area contributed by atoms with Gasteiger partial charge in [0.15, 0.2) is 0 Å². The Morgan fingerprint density at radius 1 is 1.47 bits per heavy atom. The number of aromatic nitrogens is 2. The van der Waals surface area contributed by atoms with Crippen LogP contribution < -0.4 is 5.32 Å². The molecule has 0 aliphatic rings. The Hall–Kier alpha value is -1.16. The maximum absolute atomic E-state index is 9.00. The summed E-state index contributed by atoms with van der Waals surface area (Å²) in [4.78, 5) is 0. The first-order valence-corrected chi connectivity index (χ1v) is 5.19. The lowest BCUT2D eigenvalue weighted by molar-refractivity contribution is 0.235. The number of nitrogens with zero attached hydrogens (tertiary/aromatic N) is 2. The van der Waals surface area contributed by atoms with Crippen molar-refractivity contribution in [2.45, 2.75) is 33.2 Å². The normalized spacial score (nSPS) is 13.6. The summed E-state index contributed by atoms with van der Waals surface area (Å²) < 4.78 is 0. The molecule has 84 valence electrons. The lowest BCUT2D eigenvalue weighted by Gasteiger charge is -2.31. The van der Waals surface area contributed by atoms with Crippen molar-refractivity contribution in [3.8, 4) is 0 Å². The van der Waals surface area contributed by atoms with Crippen LogP contribution in [0.1, 0.15) is 27.2 Å². The van der Waals surface area contributed by atoms with Crippen molar-refractivity contribution in [2.75, 3.05) is 11.9 Å². The minimum Gasteiger partial charge on any atom is -0.396 e. The number of nitrogens with one attached hydrogen (secondary N) is 1. The van der Waals surface area contributed by atoms with Crippen molar-refractivity contribution >= 4 is 5.82 Å². The van der Waals surface area contributed by atoms with Crippen molar-refractivity contribution in [1.82, 2.24) is 10.2 Å². The predicted molar refractivity (Wildman–Crippen MR) is 60.6 cm³/mol. The highest BCUT2D eigenvalue weighted by Gasteiger charge is 2.24. The van der Waals surface area contributed by atoms with Crippen LogP contribution >= 0.6 is 0 Å². The Morgan fingerprint density at radius 3 is 2.67 bits per heavy atom. The molecule has 0 radical (unpaired) electrons. The van der Waals surface area contributed by atoms with E-state index >= 15 is 0 Å². The average Bonchev–Trinajstić information content (AvgIpc) is 2.17. The molecular formula is C11H19N3O. The number of anilines is 1. The van der Waals surface area contributed by atoms with E-state index < -0.39 is 0 Å². The molecule has 0 bridgehead atoms. The second kappa shape index (κ2) is 5.07. The quantitative estimate of drug-likeness (QED) is 0.792. The van der Waals surface area contributed by atoms with E-state index in [2.05, 4.69) is 36.3 Å². The maximum Gasteiger partial charge on any atom is 0.148 e. The Kier molecular flexibility index (Phi) is 4.03. The molecule has 0 aliphatic heterocycles. The lowest BCUT2D eigenvalue weighted by atomic mass is 9.85. The zero-order chi connectivity index (χ0) is 11.3. The molecule has 0 saturated heterocycles. The number of hydrogen-bond donors (Lipinski definition) is 2. The molecule has 0 aliphatic carbocycles. The molecule has 4 nitrogen and oxygen atoms in total. The van der Waals surface area contributed by atoms with Crippen LogP contribution in [0.15, 0.2) is 18.3 Å². The fourth-order valence-corrected chi connectivity index (χ4v) is 1.41. The molecule has 1 aromatic heterocycles. The Bertz CT molecular complexity index is 282. The topological polar surface area (TPSA) is 58.0 Å². The first-order chi connectivity index (χ1) is 7.04. The number of aliphatic hydroxyl groups excluding tert-OH is 1. The van der Waals surface area contributed by atoms with Crippen molar-refractivity contribution < 1.29 is 5.11 Å². The van der Waals surface area contributed by atoms with Gasteiger partial charge in [0.05, 0.1) is 0 Å². The van der Waals surface area contributed by atoms with Gasteiger partial charge in [0.2, 0.25) is 0 Å². The third-order valence-corrected chi connectivity index (χ3v) is 2.36. The van der Waals surface area contributed by atoms with Crippen molar-refractivity contribution in [1.29, 1.82) is 0 Å². The summed E-state index contributed by atoms with van der Waals surface area (Å²) in [6, 6.07) is 3.91. The van der Waals surface area contributed by atoms with Gasteiger partial charge in [-0.1, -0.05) is 20.8 Å². The first kappa shape index (κ1) is 11.9. The van der Waals surface area contributed by atoms with Crippen molar-refractivity contribution in [3.05, 3.63) is 18.3 Å². The molecule has 4 heteroatoms. The van der Waals surface area contributed by atoms with Gasteiger partial charge in [-0.2, -0.15) is 5.10 Å². The number of hydrogen-bond acceptors (Lipinski definition) is 4. The van der Waals surface area contributed by atoms with E-state index in [1.165, 1.54) is 0 Å². The second-order valence-corrected chi connectivity index (χ2v) is 4.68. The number of rotatable bonds is 4. The van der Waals surface area contributed by atoms with Crippen LogP contribution in [0.5, 0.6) is 0 Å². The highest BCUT2D eigenvalue weighted by molar-refractivity contribution is 5.33. The van der Waals surface area contributed by atoms with Gasteiger partial charge in [-0.05, 0) is 24.0 Å². The highest BCUT2D eigenvalue weighted by atomic mass is 16.3. The molecule has 2 N–H and O–H groups in total. The summed E-state index contributed by atoms with van der Waals surface area (Å²) in [5.74, 6) is 0.755. The van der Waals surface area contributed by atoms with E-state index in [0.717, 1.165) is 5.82 Å². The van der Waals surface area contributed by atoms with Crippen LogP contribution in [0.3, 0.4) is 0 Å². The van der Waals surface area contributed by atoms with Crippen molar-refractivity contribution in [3.63, 3.8) is 0 Å². The molecule has 0 amide bonds. The second-order valence-electron chi connectivity index (χ2n) is 4.68. The fourth-order valence-electron chi connectivity index (χ4n) is 1.41. The van der Waals surface area contributed by atoms with Crippen LogP contribution in [-0.4, -0.2) is 28.0 Å². The smallest absolute Gasteiger partial charge is 0.148 e. The van der Waals surface area contributed by atoms with Crippen LogP contribution in [0.2, 0.25) is 0 Å². The average molecular weight is 209 g/mol. The third-order valence-electron chi connectivity index (χ3n) is 2.36. The molecule has 0 aromatic carbocycles. The van der Waals surface area contributed by atoms with E-state index in [4.69, 9.17) is 5.11 Å². The van der Waals surface area contributed by atoms with Gasteiger partial charge in [-0.3, -0.25) is 0 Å². The van der Waals surface area contributed by atoms with Gasteiger partial charge >= 0.3 is 0 Å². The Morgan fingerprint density at radius 2 is 2.20 bits per heavy atom. The largest absolute Gasteiger partial charge is 0.396 e. The fraction of sp³-hybridized carbons (Fsp3) is 0.636. The molecule has 1 heterocycles. The summed E-state index contributed by atoms with van der Waals surface area (Å²) in [6.07, 6.45) is 2.35. The monoisotopic (exact) mass is 209 g/mol. The minimum absolute atomic E-state index is 0.0836. The molecule has 0 saturated carbocycles. The summed E-state index contributed by atoms with van der Waals surface area (Å²) >= 11 is 0. The van der Waals surface area contributed by atoms with Crippen molar-refractivity contribution in [2.24, 2.45) is 5.41 Å². The zero-order valence-corrected chi connectivity index (χ0v) is 9.57. The molecule has 0 fully saturated rings. The van der Waals surface area contributed by atoms with E-state index in [0.29, 0.717) is 6.42 Å². The molecule has 1 rings (SSSR count). The standard InChI is InChI=1S/C11H19N3O/c1-11(2,3)9(6-8-15)13-10-5-4-7-12-14-10/h4-5,7,9,15H,6,8H2,1-3H3,(H,13,14). The van der Waals surface area contributed by atoms with E-state index in [1.54, 1.807) is 6.20 Å². The van der Waals surface area contributed by atoms with E-state index in [-0.39, 0.29) is 18.1 Å². The first-order valence-electron chi connectivity index (χ1n) is 5.19. The van der Waals surface area contributed by atoms with Crippen LogP contribution in [0.25, 0.3) is 0 Å². The van der Waals surface area contributed by atoms with Crippen LogP contribution in [-0.2, 0) is 0 Å². The molecule has 1 unspecified atom stereocenters. The Balaban J connectivity index is 2.67. The van der Waals surface area contributed by atoms with Gasteiger partial charge in [-0.15, -0.1) is 5.10 Å².